The van der Waals surface area contributed by atoms with E-state index in [1.807, 2.05) is 0 Å². The van der Waals surface area contributed by atoms with Gasteiger partial charge in [-0.25, -0.2) is 19.3 Å². The van der Waals surface area contributed by atoms with E-state index in [0.29, 0.717) is 16.3 Å². The number of nitrogens with zero attached hydrogens (tertiary/aromatic N) is 3. The predicted octanol–water partition coefficient (Wildman–Crippen LogP) is 3.81. The van der Waals surface area contributed by atoms with Crippen molar-refractivity contribution in [2.24, 2.45) is 0 Å². The van der Waals surface area contributed by atoms with Gasteiger partial charge in [-0.15, -0.1) is 0 Å². The van der Waals surface area contributed by atoms with E-state index in [1.54, 1.807) is 49.5 Å². The number of urea groups is 2. The topological polar surface area (TPSA) is 103 Å². The summed E-state index contributed by atoms with van der Waals surface area (Å²) >= 11 is 6.09. The Balaban J connectivity index is 2.15. The van der Waals surface area contributed by atoms with Gasteiger partial charge >= 0.3 is 18.0 Å². The van der Waals surface area contributed by atoms with Crippen LogP contribution in [0.3, 0.4) is 0 Å². The number of hydrogen-bond donors (Lipinski definition) is 2. The number of carbonyl (C=O) groups excluding carboxylic acids is 2. The molecule has 0 bridgehead atoms. The van der Waals surface area contributed by atoms with E-state index < -0.39 is 24.1 Å². The van der Waals surface area contributed by atoms with Crippen molar-refractivity contribution >= 4 is 35.3 Å². The first-order valence-electron chi connectivity index (χ1n) is 8.86. The Morgan fingerprint density at radius 3 is 2.66 bits per heavy atom. The van der Waals surface area contributed by atoms with Crippen LogP contribution in [0.5, 0.6) is 0 Å². The molecule has 2 N–H and O–H groups in total. The second-order valence-electron chi connectivity index (χ2n) is 6.34. The highest BCUT2D eigenvalue weighted by atomic mass is 35.5. The van der Waals surface area contributed by atoms with Gasteiger partial charge in [0.05, 0.1) is 17.5 Å². The maximum Gasteiger partial charge on any atom is 0.335 e. The Kier molecular flexibility index (Phi) is 5.84. The molecule has 0 fully saturated rings. The van der Waals surface area contributed by atoms with Crippen LogP contribution < -0.4 is 10.2 Å². The third-order valence-corrected chi connectivity index (χ3v) is 4.79. The van der Waals surface area contributed by atoms with Crippen molar-refractivity contribution < 1.29 is 19.5 Å². The molecule has 150 valence electrons. The molecule has 0 radical (unpaired) electrons. The summed E-state index contributed by atoms with van der Waals surface area (Å²) in [7, 11) is 0. The van der Waals surface area contributed by atoms with Gasteiger partial charge in [-0.05, 0) is 43.7 Å². The highest BCUT2D eigenvalue weighted by Gasteiger charge is 2.43. The molecule has 1 aromatic carbocycles. The lowest BCUT2D eigenvalue weighted by Gasteiger charge is -2.38. The fraction of sp³-hybridized carbons (Fsp3) is 0.200. The molecule has 0 spiro atoms. The number of aliphatic carboxylic acids is 1. The number of carboxylic acids is 1. The average molecular weight is 415 g/mol. The van der Waals surface area contributed by atoms with E-state index in [1.165, 1.54) is 18.0 Å². The SMILES string of the molecule is CCN(C(=O)N1C(=O)NC(C)=C(C(=O)O)C1c1cccc(Cl)c1)c1cccnc1. The number of allylic oxidation sites excluding steroid dienone is 1. The number of carbonyl (C=O) groups is 3. The lowest BCUT2D eigenvalue weighted by molar-refractivity contribution is -0.133. The minimum atomic E-state index is -1.24. The van der Waals surface area contributed by atoms with Gasteiger partial charge in [-0.1, -0.05) is 23.7 Å². The number of pyridine rings is 1. The molecule has 2 heterocycles. The van der Waals surface area contributed by atoms with Crippen molar-refractivity contribution in [3.8, 4) is 0 Å². The number of nitrogens with one attached hydrogen (secondary N) is 1. The minimum Gasteiger partial charge on any atom is -0.478 e. The molecule has 3 rings (SSSR count). The van der Waals surface area contributed by atoms with Crippen molar-refractivity contribution in [1.82, 2.24) is 15.2 Å². The molecule has 1 aromatic heterocycles. The molecule has 4 amide bonds. The summed E-state index contributed by atoms with van der Waals surface area (Å²) in [6.07, 6.45) is 3.07. The first-order valence-corrected chi connectivity index (χ1v) is 9.24. The highest BCUT2D eigenvalue weighted by molar-refractivity contribution is 6.30. The summed E-state index contributed by atoms with van der Waals surface area (Å²) in [4.78, 5) is 44.5. The molecular formula is C20H19ClN4O4. The van der Waals surface area contributed by atoms with Crippen LogP contribution in [0.4, 0.5) is 15.3 Å². The van der Waals surface area contributed by atoms with Crippen molar-refractivity contribution in [3.05, 3.63) is 70.6 Å². The molecule has 0 saturated carbocycles. The van der Waals surface area contributed by atoms with E-state index >= 15 is 0 Å². The summed E-state index contributed by atoms with van der Waals surface area (Å²) in [5.74, 6) is -1.24. The zero-order valence-corrected chi connectivity index (χ0v) is 16.6. The molecule has 0 aliphatic carbocycles. The van der Waals surface area contributed by atoms with Crippen LogP contribution >= 0.6 is 11.6 Å². The van der Waals surface area contributed by atoms with Crippen LogP contribution in [0.15, 0.2) is 60.1 Å². The van der Waals surface area contributed by atoms with Gasteiger partial charge in [0.1, 0.15) is 6.04 Å². The zero-order chi connectivity index (χ0) is 21.1. The first-order chi connectivity index (χ1) is 13.8. The fourth-order valence-electron chi connectivity index (χ4n) is 3.28. The van der Waals surface area contributed by atoms with Crippen molar-refractivity contribution in [2.75, 3.05) is 11.4 Å². The molecule has 0 saturated heterocycles. The first kappa shape index (κ1) is 20.3. The fourth-order valence-corrected chi connectivity index (χ4v) is 3.48. The highest BCUT2D eigenvalue weighted by Crippen LogP contribution is 2.36. The van der Waals surface area contributed by atoms with Crippen LogP contribution in [0.1, 0.15) is 25.5 Å². The molecule has 9 heteroatoms. The summed E-state index contributed by atoms with van der Waals surface area (Å²) in [6, 6.07) is 7.27. The standard InChI is InChI=1S/C20H19ClN4O4/c1-3-24(15-8-5-9-22-11-15)20(29)25-17(13-6-4-7-14(21)10-13)16(18(26)27)12(2)23-19(25)28/h4-11,17H,3H2,1-2H3,(H,23,28)(H,26,27). The maximum atomic E-state index is 13.4. The van der Waals surface area contributed by atoms with Gasteiger partial charge in [0.2, 0.25) is 0 Å². The Bertz CT molecular complexity index is 993. The monoisotopic (exact) mass is 414 g/mol. The smallest absolute Gasteiger partial charge is 0.335 e. The van der Waals surface area contributed by atoms with E-state index in [2.05, 4.69) is 10.3 Å². The lowest BCUT2D eigenvalue weighted by Crippen LogP contribution is -2.55. The zero-order valence-electron chi connectivity index (χ0n) is 15.8. The Morgan fingerprint density at radius 1 is 1.31 bits per heavy atom. The summed E-state index contributed by atoms with van der Waals surface area (Å²) in [6.45, 7) is 3.49. The third-order valence-electron chi connectivity index (χ3n) is 4.55. The Hall–Kier alpha value is -3.39. The predicted molar refractivity (Wildman–Crippen MR) is 108 cm³/mol. The number of imide groups is 1. The average Bonchev–Trinajstić information content (AvgIpc) is 2.68. The van der Waals surface area contributed by atoms with Crippen LogP contribution in [-0.4, -0.2) is 39.6 Å². The second kappa shape index (κ2) is 8.32. The van der Waals surface area contributed by atoms with Crippen molar-refractivity contribution in [1.29, 1.82) is 0 Å². The number of aromatic nitrogens is 1. The molecule has 1 aliphatic rings. The van der Waals surface area contributed by atoms with E-state index in [-0.39, 0.29) is 17.8 Å². The molecule has 1 atom stereocenters. The summed E-state index contributed by atoms with van der Waals surface area (Å²) in [5, 5.41) is 12.6. The molecule has 8 nitrogen and oxygen atoms in total. The van der Waals surface area contributed by atoms with Crippen molar-refractivity contribution in [3.63, 3.8) is 0 Å². The number of rotatable bonds is 4. The van der Waals surface area contributed by atoms with Gasteiger partial charge in [0.15, 0.2) is 0 Å². The van der Waals surface area contributed by atoms with E-state index in [4.69, 9.17) is 11.6 Å². The normalized spacial score (nSPS) is 16.4. The Morgan fingerprint density at radius 2 is 2.07 bits per heavy atom. The number of hydrogen-bond acceptors (Lipinski definition) is 4. The minimum absolute atomic E-state index is 0.109. The van der Waals surface area contributed by atoms with Crippen molar-refractivity contribution in [2.45, 2.75) is 19.9 Å². The number of anilines is 1. The van der Waals surface area contributed by atoms with E-state index in [9.17, 15) is 19.5 Å². The molecule has 2 aromatic rings. The van der Waals surface area contributed by atoms with Crippen LogP contribution in [0, 0.1) is 0 Å². The number of halogens is 1. The summed E-state index contributed by atoms with van der Waals surface area (Å²) in [5.41, 5.74) is 0.962. The number of carboxylic acid groups (broad SMARTS) is 1. The number of amides is 4. The summed E-state index contributed by atoms with van der Waals surface area (Å²) < 4.78 is 0. The quantitative estimate of drug-likeness (QED) is 0.791. The van der Waals surface area contributed by atoms with Gasteiger partial charge < -0.3 is 10.4 Å². The molecule has 29 heavy (non-hydrogen) atoms. The second-order valence-corrected chi connectivity index (χ2v) is 6.78. The van der Waals surface area contributed by atoms with Gasteiger partial charge in [0, 0.05) is 23.5 Å². The van der Waals surface area contributed by atoms with Gasteiger partial charge in [-0.2, -0.15) is 0 Å². The Labute approximate surface area is 172 Å². The van der Waals surface area contributed by atoms with Gasteiger partial charge in [-0.3, -0.25) is 9.88 Å². The van der Waals surface area contributed by atoms with E-state index in [0.717, 1.165) is 4.90 Å². The molecule has 1 unspecified atom stereocenters. The molecular weight excluding hydrogens is 396 g/mol. The van der Waals surface area contributed by atoms with Gasteiger partial charge in [0.25, 0.3) is 0 Å². The lowest BCUT2D eigenvalue weighted by atomic mass is 9.94. The number of benzene rings is 1. The third kappa shape index (κ3) is 3.93. The molecule has 1 aliphatic heterocycles. The van der Waals surface area contributed by atoms with Crippen LogP contribution in [-0.2, 0) is 4.79 Å². The largest absolute Gasteiger partial charge is 0.478 e. The van der Waals surface area contributed by atoms with Crippen LogP contribution in [0.2, 0.25) is 5.02 Å². The maximum absolute atomic E-state index is 13.4. The van der Waals surface area contributed by atoms with Crippen LogP contribution in [0.25, 0.3) is 0 Å².